The fourth-order valence-electron chi connectivity index (χ4n) is 2.26. The van der Waals surface area contributed by atoms with Gasteiger partial charge in [-0.1, -0.05) is 18.5 Å². The number of rotatable bonds is 7. The van der Waals surface area contributed by atoms with Gasteiger partial charge >= 0.3 is 0 Å². The van der Waals surface area contributed by atoms with Crippen LogP contribution in [0.1, 0.15) is 29.8 Å². The van der Waals surface area contributed by atoms with Gasteiger partial charge in [-0.2, -0.15) is 0 Å². The fraction of sp³-hybridized carbons (Fsp3) is 0.375. The van der Waals surface area contributed by atoms with E-state index in [1.54, 1.807) is 18.4 Å². The predicted octanol–water partition coefficient (Wildman–Crippen LogP) is 5.46. The van der Waals surface area contributed by atoms with Gasteiger partial charge in [-0.25, -0.2) is 0 Å². The molecule has 0 spiro atoms. The summed E-state index contributed by atoms with van der Waals surface area (Å²) in [7, 11) is 1.70. The van der Waals surface area contributed by atoms with Crippen LogP contribution in [0, 0.1) is 0 Å². The summed E-state index contributed by atoms with van der Waals surface area (Å²) in [5, 5.41) is 6.46. The minimum absolute atomic E-state index is 0.256. The van der Waals surface area contributed by atoms with Gasteiger partial charge in [-0.05, 0) is 70.5 Å². The lowest BCUT2D eigenvalue weighted by molar-refractivity contribution is 0.405. The van der Waals surface area contributed by atoms with Crippen molar-refractivity contribution in [1.29, 1.82) is 0 Å². The molecule has 0 radical (unpaired) electrons. The Morgan fingerprint density at radius 1 is 1.38 bits per heavy atom. The summed E-state index contributed by atoms with van der Waals surface area (Å²) in [5.41, 5.74) is 1.12. The van der Waals surface area contributed by atoms with Crippen molar-refractivity contribution in [3.05, 3.63) is 49.6 Å². The van der Waals surface area contributed by atoms with E-state index < -0.39 is 0 Å². The van der Waals surface area contributed by atoms with Crippen LogP contribution in [0.5, 0.6) is 5.75 Å². The van der Waals surface area contributed by atoms with Crippen molar-refractivity contribution in [2.45, 2.75) is 25.8 Å². The van der Waals surface area contributed by atoms with Crippen molar-refractivity contribution in [2.75, 3.05) is 13.7 Å². The maximum Gasteiger partial charge on any atom is 0.122 e. The van der Waals surface area contributed by atoms with Crippen molar-refractivity contribution in [3.8, 4) is 5.75 Å². The van der Waals surface area contributed by atoms with Crippen molar-refractivity contribution in [1.82, 2.24) is 5.32 Å². The average Bonchev–Trinajstić information content (AvgIpc) is 2.90. The van der Waals surface area contributed by atoms with Gasteiger partial charge in [-0.3, -0.25) is 0 Å². The summed E-state index contributed by atoms with van der Waals surface area (Å²) in [4.78, 5) is 1.31. The smallest absolute Gasteiger partial charge is 0.122 e. The number of nitrogens with one attached hydrogen (secondary N) is 1. The van der Waals surface area contributed by atoms with E-state index in [1.165, 1.54) is 4.88 Å². The highest BCUT2D eigenvalue weighted by Gasteiger charge is 2.18. The minimum Gasteiger partial charge on any atom is -0.496 e. The summed E-state index contributed by atoms with van der Waals surface area (Å²) in [5.74, 6) is 0.885. The summed E-state index contributed by atoms with van der Waals surface area (Å²) < 4.78 is 6.61. The van der Waals surface area contributed by atoms with E-state index in [1.807, 2.05) is 18.2 Å². The zero-order chi connectivity index (χ0) is 15.2. The first-order chi connectivity index (χ1) is 10.2. The van der Waals surface area contributed by atoms with Gasteiger partial charge in [0.05, 0.1) is 7.11 Å². The number of halogens is 2. The van der Waals surface area contributed by atoms with E-state index in [0.29, 0.717) is 0 Å². The van der Waals surface area contributed by atoms with E-state index in [2.05, 4.69) is 39.6 Å². The monoisotopic (exact) mass is 387 g/mol. The average molecular weight is 389 g/mol. The SMILES string of the molecule is CCCNC(Cc1cc(Cl)ccc1OC)c1sccc1Br. The molecule has 114 valence electrons. The van der Waals surface area contributed by atoms with E-state index in [9.17, 15) is 0 Å². The normalized spacial score (nSPS) is 12.4. The number of methoxy groups -OCH3 is 1. The summed E-state index contributed by atoms with van der Waals surface area (Å²) >= 11 is 11.5. The summed E-state index contributed by atoms with van der Waals surface area (Å²) in [6.07, 6.45) is 1.95. The number of benzene rings is 1. The standard InChI is InChI=1S/C16H19BrClNOS/c1-3-7-19-14(16-13(17)6-8-21-16)10-11-9-12(18)4-5-15(11)20-2/h4-6,8-9,14,19H,3,7,10H2,1-2H3. The maximum atomic E-state index is 6.14. The molecule has 1 aromatic heterocycles. The molecule has 0 bridgehead atoms. The molecule has 1 N–H and O–H groups in total. The van der Waals surface area contributed by atoms with Crippen LogP contribution >= 0.6 is 38.9 Å². The topological polar surface area (TPSA) is 21.3 Å². The largest absolute Gasteiger partial charge is 0.496 e. The Hall–Kier alpha value is -0.550. The van der Waals surface area contributed by atoms with Gasteiger partial charge in [0, 0.05) is 20.4 Å². The lowest BCUT2D eigenvalue weighted by atomic mass is 10.0. The van der Waals surface area contributed by atoms with Crippen LogP contribution < -0.4 is 10.1 Å². The Bertz CT molecular complexity index is 587. The Morgan fingerprint density at radius 3 is 2.81 bits per heavy atom. The molecule has 0 aliphatic heterocycles. The quantitative estimate of drug-likeness (QED) is 0.680. The molecular weight excluding hydrogens is 370 g/mol. The third-order valence-electron chi connectivity index (χ3n) is 3.27. The van der Waals surface area contributed by atoms with E-state index in [0.717, 1.165) is 40.2 Å². The molecular formula is C16H19BrClNOS. The molecule has 0 fully saturated rings. The number of hydrogen-bond acceptors (Lipinski definition) is 3. The van der Waals surface area contributed by atoms with Crippen molar-refractivity contribution in [2.24, 2.45) is 0 Å². The highest BCUT2D eigenvalue weighted by Crippen LogP contribution is 2.33. The second kappa shape index (κ2) is 8.18. The van der Waals surface area contributed by atoms with E-state index >= 15 is 0 Å². The predicted molar refractivity (Wildman–Crippen MR) is 94.8 cm³/mol. The number of thiophene rings is 1. The van der Waals surface area contributed by atoms with Crippen LogP contribution in [-0.4, -0.2) is 13.7 Å². The van der Waals surface area contributed by atoms with Gasteiger partial charge in [0.25, 0.3) is 0 Å². The zero-order valence-corrected chi connectivity index (χ0v) is 15.3. The molecule has 2 nitrogen and oxygen atoms in total. The Kier molecular flexibility index (Phi) is 6.55. The Morgan fingerprint density at radius 2 is 2.19 bits per heavy atom. The highest BCUT2D eigenvalue weighted by atomic mass is 79.9. The van der Waals surface area contributed by atoms with Crippen molar-refractivity contribution in [3.63, 3.8) is 0 Å². The lowest BCUT2D eigenvalue weighted by Crippen LogP contribution is -2.23. The van der Waals surface area contributed by atoms with E-state index in [4.69, 9.17) is 16.3 Å². The summed E-state index contributed by atoms with van der Waals surface area (Å²) in [6, 6.07) is 8.13. The van der Waals surface area contributed by atoms with Crippen LogP contribution in [-0.2, 0) is 6.42 Å². The Labute approximate surface area is 143 Å². The van der Waals surface area contributed by atoms with Gasteiger partial charge in [0.1, 0.15) is 5.75 Å². The fourth-order valence-corrected chi connectivity index (χ4v) is 4.18. The van der Waals surface area contributed by atoms with Gasteiger partial charge in [-0.15, -0.1) is 11.3 Å². The second-order valence-corrected chi connectivity index (χ2v) is 7.04. The molecule has 2 rings (SSSR count). The summed E-state index contributed by atoms with van der Waals surface area (Å²) in [6.45, 7) is 3.16. The van der Waals surface area contributed by atoms with Crippen LogP contribution in [0.3, 0.4) is 0 Å². The van der Waals surface area contributed by atoms with Crippen molar-refractivity contribution >= 4 is 38.9 Å². The molecule has 0 aliphatic rings. The molecule has 0 saturated heterocycles. The molecule has 1 heterocycles. The van der Waals surface area contributed by atoms with Crippen LogP contribution in [0.4, 0.5) is 0 Å². The Balaban J connectivity index is 2.26. The van der Waals surface area contributed by atoms with Crippen LogP contribution in [0.25, 0.3) is 0 Å². The third-order valence-corrected chi connectivity index (χ3v) is 5.49. The van der Waals surface area contributed by atoms with E-state index in [-0.39, 0.29) is 6.04 Å². The molecule has 1 unspecified atom stereocenters. The van der Waals surface area contributed by atoms with Gasteiger partial charge in [0.2, 0.25) is 0 Å². The minimum atomic E-state index is 0.256. The third kappa shape index (κ3) is 4.46. The molecule has 0 aliphatic carbocycles. The zero-order valence-electron chi connectivity index (χ0n) is 12.2. The molecule has 1 atom stereocenters. The number of hydrogen-bond donors (Lipinski definition) is 1. The first-order valence-corrected chi connectivity index (χ1v) is 8.99. The number of ether oxygens (including phenoxy) is 1. The van der Waals surface area contributed by atoms with Gasteiger partial charge < -0.3 is 10.1 Å². The molecule has 21 heavy (non-hydrogen) atoms. The van der Waals surface area contributed by atoms with Gasteiger partial charge in [0.15, 0.2) is 0 Å². The second-order valence-electron chi connectivity index (χ2n) is 4.80. The lowest BCUT2D eigenvalue weighted by Gasteiger charge is -2.19. The molecule has 1 aromatic carbocycles. The molecule has 5 heteroatoms. The molecule has 2 aromatic rings. The molecule has 0 amide bonds. The highest BCUT2D eigenvalue weighted by molar-refractivity contribution is 9.10. The first-order valence-electron chi connectivity index (χ1n) is 6.94. The van der Waals surface area contributed by atoms with Crippen molar-refractivity contribution < 1.29 is 4.74 Å². The van der Waals surface area contributed by atoms with Crippen LogP contribution in [0.15, 0.2) is 34.1 Å². The first kappa shape index (κ1) is 16.8. The maximum absolute atomic E-state index is 6.14. The molecule has 0 saturated carbocycles. The van der Waals surface area contributed by atoms with Crippen LogP contribution in [0.2, 0.25) is 5.02 Å².